The van der Waals surface area contributed by atoms with Gasteiger partial charge in [0.25, 0.3) is 0 Å². The summed E-state index contributed by atoms with van der Waals surface area (Å²) >= 11 is 0. The molecule has 1 fully saturated rings. The number of hydrogen-bond acceptors (Lipinski definition) is 4. The molecule has 1 aromatic carbocycles. The maximum Gasteiger partial charge on any atom is 0.236 e. The van der Waals surface area contributed by atoms with Crippen molar-refractivity contribution in [2.45, 2.75) is 0 Å². The number of nitrogens with one attached hydrogen (secondary N) is 1. The largest absolute Gasteiger partial charge is 0.383 e. The van der Waals surface area contributed by atoms with Gasteiger partial charge in [0.15, 0.2) is 0 Å². The zero-order valence-electron chi connectivity index (χ0n) is 13.2. The summed E-state index contributed by atoms with van der Waals surface area (Å²) in [6.07, 6.45) is 0. The third-order valence-corrected chi connectivity index (χ3v) is 3.58. The van der Waals surface area contributed by atoms with Crippen molar-refractivity contribution >= 4 is 36.4 Å². The van der Waals surface area contributed by atoms with Gasteiger partial charge in [0.1, 0.15) is 5.82 Å². The van der Waals surface area contributed by atoms with Gasteiger partial charge in [-0.3, -0.25) is 4.79 Å². The molecule has 0 aromatic heterocycles. The SMILES string of the molecule is COCCNCC(=O)N1CCN(c2ccccc2F)CC1.Cl.Cl. The Labute approximate surface area is 149 Å². The average molecular weight is 368 g/mol. The second kappa shape index (κ2) is 11.5. The zero-order chi connectivity index (χ0) is 15.1. The lowest BCUT2D eigenvalue weighted by Gasteiger charge is -2.36. The molecule has 0 unspecified atom stereocenters. The second-order valence-electron chi connectivity index (χ2n) is 4.99. The highest BCUT2D eigenvalue weighted by molar-refractivity contribution is 5.85. The van der Waals surface area contributed by atoms with Gasteiger partial charge in [-0.15, -0.1) is 24.8 Å². The molecule has 0 atom stereocenters. The molecule has 0 aliphatic carbocycles. The summed E-state index contributed by atoms with van der Waals surface area (Å²) < 4.78 is 18.6. The first kappa shape index (κ1) is 21.9. The number of para-hydroxylation sites is 1. The number of piperazine rings is 1. The predicted molar refractivity (Wildman–Crippen MR) is 94.4 cm³/mol. The standard InChI is InChI=1S/C15H22FN3O2.2ClH/c1-21-11-6-17-12-15(20)19-9-7-18(8-10-19)14-5-3-2-4-13(14)16;;/h2-5,17H,6-12H2,1H3;2*1H. The second-order valence-corrected chi connectivity index (χ2v) is 4.99. The Morgan fingerprint density at radius 2 is 1.87 bits per heavy atom. The minimum atomic E-state index is -0.210. The third-order valence-electron chi connectivity index (χ3n) is 3.58. The number of anilines is 1. The minimum absolute atomic E-state index is 0. The van der Waals surface area contributed by atoms with Crippen LogP contribution in [0.15, 0.2) is 24.3 Å². The van der Waals surface area contributed by atoms with Crippen molar-refractivity contribution in [3.63, 3.8) is 0 Å². The van der Waals surface area contributed by atoms with Gasteiger partial charge in [0.05, 0.1) is 18.8 Å². The van der Waals surface area contributed by atoms with Crippen LogP contribution in [0.3, 0.4) is 0 Å². The van der Waals surface area contributed by atoms with E-state index >= 15 is 0 Å². The third kappa shape index (κ3) is 6.51. The Hall–Kier alpha value is -1.08. The Morgan fingerprint density at radius 1 is 1.22 bits per heavy atom. The summed E-state index contributed by atoms with van der Waals surface area (Å²) in [4.78, 5) is 15.8. The van der Waals surface area contributed by atoms with Crippen molar-refractivity contribution in [1.29, 1.82) is 0 Å². The fraction of sp³-hybridized carbons (Fsp3) is 0.533. The molecule has 0 spiro atoms. The summed E-state index contributed by atoms with van der Waals surface area (Å²) in [5.74, 6) is -0.127. The van der Waals surface area contributed by atoms with Crippen LogP contribution in [-0.2, 0) is 9.53 Å². The van der Waals surface area contributed by atoms with Gasteiger partial charge >= 0.3 is 0 Å². The van der Waals surface area contributed by atoms with Gasteiger partial charge in [0.2, 0.25) is 5.91 Å². The predicted octanol–water partition coefficient (Wildman–Crippen LogP) is 1.55. The first-order valence-electron chi connectivity index (χ1n) is 7.19. The van der Waals surface area contributed by atoms with E-state index in [9.17, 15) is 9.18 Å². The van der Waals surface area contributed by atoms with Crippen molar-refractivity contribution in [1.82, 2.24) is 10.2 Å². The van der Waals surface area contributed by atoms with Crippen LogP contribution >= 0.6 is 24.8 Å². The molecule has 8 heteroatoms. The van der Waals surface area contributed by atoms with Crippen LogP contribution < -0.4 is 10.2 Å². The van der Waals surface area contributed by atoms with Gasteiger partial charge in [-0.1, -0.05) is 12.1 Å². The van der Waals surface area contributed by atoms with Crippen molar-refractivity contribution < 1.29 is 13.9 Å². The van der Waals surface area contributed by atoms with Crippen LogP contribution in [0, 0.1) is 5.82 Å². The van der Waals surface area contributed by atoms with Gasteiger partial charge < -0.3 is 19.9 Å². The van der Waals surface area contributed by atoms with Crippen LogP contribution in [0.4, 0.5) is 10.1 Å². The number of carbonyl (C=O) groups excluding carboxylic acids is 1. The number of rotatable bonds is 6. The molecule has 1 aliphatic heterocycles. The summed E-state index contributed by atoms with van der Waals surface area (Å²) in [6.45, 7) is 4.14. The van der Waals surface area contributed by atoms with E-state index in [1.807, 2.05) is 15.9 Å². The molecular formula is C15H24Cl2FN3O2. The molecule has 0 bridgehead atoms. The van der Waals surface area contributed by atoms with Crippen molar-refractivity contribution in [2.75, 3.05) is 57.9 Å². The maximum absolute atomic E-state index is 13.7. The molecule has 1 saturated heterocycles. The highest BCUT2D eigenvalue weighted by atomic mass is 35.5. The summed E-state index contributed by atoms with van der Waals surface area (Å²) in [6, 6.07) is 6.76. The number of nitrogens with zero attached hydrogens (tertiary/aromatic N) is 2. The maximum atomic E-state index is 13.7. The average Bonchev–Trinajstić information content (AvgIpc) is 2.52. The van der Waals surface area contributed by atoms with Crippen LogP contribution in [0.1, 0.15) is 0 Å². The van der Waals surface area contributed by atoms with E-state index in [1.54, 1.807) is 19.2 Å². The zero-order valence-corrected chi connectivity index (χ0v) is 14.8. The van der Waals surface area contributed by atoms with Gasteiger partial charge in [-0.2, -0.15) is 0 Å². The molecule has 132 valence electrons. The molecular weight excluding hydrogens is 344 g/mol. The monoisotopic (exact) mass is 367 g/mol. The fourth-order valence-electron chi connectivity index (χ4n) is 2.39. The highest BCUT2D eigenvalue weighted by Crippen LogP contribution is 2.19. The molecule has 1 N–H and O–H groups in total. The van der Waals surface area contributed by atoms with E-state index in [0.29, 0.717) is 51.6 Å². The Kier molecular flexibility index (Phi) is 10.9. The van der Waals surface area contributed by atoms with Crippen molar-refractivity contribution in [2.24, 2.45) is 0 Å². The van der Waals surface area contributed by atoms with Crippen LogP contribution in [0.5, 0.6) is 0 Å². The molecule has 0 saturated carbocycles. The molecule has 5 nitrogen and oxygen atoms in total. The topological polar surface area (TPSA) is 44.8 Å². The number of amides is 1. The lowest BCUT2D eigenvalue weighted by atomic mass is 10.2. The molecule has 2 rings (SSSR count). The number of benzene rings is 1. The number of ether oxygens (including phenoxy) is 1. The van der Waals surface area contributed by atoms with E-state index in [0.717, 1.165) is 0 Å². The normalized spacial score (nSPS) is 14.0. The Bertz CT molecular complexity index is 472. The number of halogens is 3. The summed E-state index contributed by atoms with van der Waals surface area (Å²) in [5.41, 5.74) is 0.614. The van der Waals surface area contributed by atoms with E-state index in [-0.39, 0.29) is 36.5 Å². The van der Waals surface area contributed by atoms with Crippen LogP contribution in [0.25, 0.3) is 0 Å². The smallest absolute Gasteiger partial charge is 0.236 e. The van der Waals surface area contributed by atoms with Gasteiger partial charge in [-0.05, 0) is 12.1 Å². The highest BCUT2D eigenvalue weighted by Gasteiger charge is 2.22. The van der Waals surface area contributed by atoms with E-state index in [2.05, 4.69) is 5.32 Å². The lowest BCUT2D eigenvalue weighted by Crippen LogP contribution is -2.51. The van der Waals surface area contributed by atoms with Crippen molar-refractivity contribution in [3.8, 4) is 0 Å². The Morgan fingerprint density at radius 3 is 2.48 bits per heavy atom. The summed E-state index contributed by atoms with van der Waals surface area (Å²) in [5, 5.41) is 3.05. The van der Waals surface area contributed by atoms with Crippen molar-refractivity contribution in [3.05, 3.63) is 30.1 Å². The fourth-order valence-corrected chi connectivity index (χ4v) is 2.39. The molecule has 1 aliphatic rings. The summed E-state index contributed by atoms with van der Waals surface area (Å²) in [7, 11) is 1.63. The molecule has 1 amide bonds. The first-order chi connectivity index (χ1) is 10.2. The molecule has 23 heavy (non-hydrogen) atoms. The molecule has 1 heterocycles. The van der Waals surface area contributed by atoms with Gasteiger partial charge in [0, 0.05) is 39.8 Å². The number of hydrogen-bond donors (Lipinski definition) is 1. The number of methoxy groups -OCH3 is 1. The quantitative estimate of drug-likeness (QED) is 0.774. The van der Waals surface area contributed by atoms with E-state index < -0.39 is 0 Å². The Balaban J connectivity index is 0.00000242. The van der Waals surface area contributed by atoms with E-state index in [1.165, 1.54) is 6.07 Å². The molecule has 0 radical (unpaired) electrons. The first-order valence-corrected chi connectivity index (χ1v) is 7.19. The minimum Gasteiger partial charge on any atom is -0.383 e. The number of carbonyl (C=O) groups is 1. The lowest BCUT2D eigenvalue weighted by molar-refractivity contribution is -0.130. The van der Waals surface area contributed by atoms with Gasteiger partial charge in [-0.25, -0.2) is 4.39 Å². The van der Waals surface area contributed by atoms with Crippen LogP contribution in [0.2, 0.25) is 0 Å². The molecule has 1 aromatic rings. The van der Waals surface area contributed by atoms with E-state index in [4.69, 9.17) is 4.74 Å². The van der Waals surface area contributed by atoms with Crippen LogP contribution in [-0.4, -0.2) is 63.8 Å².